The largest absolute Gasteiger partial charge is 0.479 e. The number of alkyl carbamates (subject to hydrolysis) is 1. The number of hydrogen-bond acceptors (Lipinski definition) is 4. The number of rotatable bonds is 6. The first-order valence-corrected chi connectivity index (χ1v) is 12.2. The van der Waals surface area contributed by atoms with E-state index in [0.717, 1.165) is 47.9 Å². The van der Waals surface area contributed by atoms with Crippen LogP contribution in [0.25, 0.3) is 11.1 Å². The van der Waals surface area contributed by atoms with Crippen molar-refractivity contribution in [1.29, 1.82) is 0 Å². The number of carboxylic acids is 1. The van der Waals surface area contributed by atoms with Crippen LogP contribution in [-0.4, -0.2) is 52.7 Å². The van der Waals surface area contributed by atoms with E-state index in [1.54, 1.807) is 0 Å². The Balaban J connectivity index is 1.15. The van der Waals surface area contributed by atoms with Crippen molar-refractivity contribution in [2.24, 2.45) is 11.8 Å². The number of carbonyl (C=O) groups excluding carboxylic acids is 2. The molecule has 6 rings (SSSR count). The van der Waals surface area contributed by atoms with Crippen LogP contribution in [0.3, 0.4) is 0 Å². The van der Waals surface area contributed by atoms with E-state index in [9.17, 15) is 19.5 Å². The molecule has 176 valence electrons. The van der Waals surface area contributed by atoms with E-state index in [0.29, 0.717) is 13.0 Å². The molecule has 0 bridgehead atoms. The van der Waals surface area contributed by atoms with Crippen molar-refractivity contribution in [2.75, 3.05) is 13.2 Å². The summed E-state index contributed by atoms with van der Waals surface area (Å²) in [5.74, 6) is -1.20. The van der Waals surface area contributed by atoms with Crippen molar-refractivity contribution in [3.8, 4) is 11.1 Å². The zero-order valence-corrected chi connectivity index (χ0v) is 18.9. The van der Waals surface area contributed by atoms with E-state index in [4.69, 9.17) is 4.74 Å². The average molecular weight is 461 g/mol. The number of nitrogens with one attached hydrogen (secondary N) is 1. The Kier molecular flexibility index (Phi) is 4.90. The number of fused-ring (bicyclic) bond motifs is 4. The first-order valence-electron chi connectivity index (χ1n) is 12.2. The van der Waals surface area contributed by atoms with Crippen LogP contribution < -0.4 is 5.32 Å². The first-order chi connectivity index (χ1) is 16.5. The fourth-order valence-corrected chi connectivity index (χ4v) is 6.11. The van der Waals surface area contributed by atoms with Crippen LogP contribution >= 0.6 is 0 Å². The van der Waals surface area contributed by atoms with Gasteiger partial charge in [-0.15, -0.1) is 0 Å². The summed E-state index contributed by atoms with van der Waals surface area (Å²) in [5.41, 5.74) is 3.48. The molecule has 7 heteroatoms. The predicted molar refractivity (Wildman–Crippen MR) is 124 cm³/mol. The van der Waals surface area contributed by atoms with E-state index >= 15 is 0 Å². The smallest absolute Gasteiger partial charge is 0.407 e. The monoisotopic (exact) mass is 460 g/mol. The second kappa shape index (κ2) is 7.86. The molecular formula is C27H28N2O5. The normalized spacial score (nSPS) is 25.5. The van der Waals surface area contributed by atoms with Crippen molar-refractivity contribution in [3.63, 3.8) is 0 Å². The number of aliphatic carboxylic acids is 1. The predicted octanol–water partition coefficient (Wildman–Crippen LogP) is 3.77. The Labute approximate surface area is 198 Å². The number of benzene rings is 2. The lowest BCUT2D eigenvalue weighted by molar-refractivity contribution is -0.155. The Hall–Kier alpha value is -3.35. The molecule has 3 aliphatic carbocycles. The van der Waals surface area contributed by atoms with Crippen LogP contribution in [0.2, 0.25) is 0 Å². The summed E-state index contributed by atoms with van der Waals surface area (Å²) in [7, 11) is 0. The second-order valence-corrected chi connectivity index (χ2v) is 10.0. The van der Waals surface area contributed by atoms with Crippen molar-refractivity contribution >= 4 is 18.0 Å². The molecule has 0 radical (unpaired) electrons. The molecule has 2 aromatic carbocycles. The van der Waals surface area contributed by atoms with E-state index < -0.39 is 23.6 Å². The molecule has 2 N–H and O–H groups in total. The number of amides is 2. The molecule has 0 spiro atoms. The number of carbonyl (C=O) groups is 3. The maximum Gasteiger partial charge on any atom is 0.407 e. The van der Waals surface area contributed by atoms with Gasteiger partial charge >= 0.3 is 12.1 Å². The van der Waals surface area contributed by atoms with Gasteiger partial charge in [0.05, 0.1) is 0 Å². The van der Waals surface area contributed by atoms with Gasteiger partial charge in [0.1, 0.15) is 18.2 Å². The molecule has 1 unspecified atom stereocenters. The summed E-state index contributed by atoms with van der Waals surface area (Å²) in [6, 6.07) is 15.5. The molecule has 1 heterocycles. The fourth-order valence-electron chi connectivity index (χ4n) is 6.11. The molecule has 0 aromatic heterocycles. The maximum absolute atomic E-state index is 13.4. The quantitative estimate of drug-likeness (QED) is 0.684. The average Bonchev–Trinajstić information content (AvgIpc) is 3.77. The van der Waals surface area contributed by atoms with Crippen LogP contribution in [0.4, 0.5) is 4.79 Å². The van der Waals surface area contributed by atoms with E-state index in [2.05, 4.69) is 29.6 Å². The minimum absolute atomic E-state index is 0.0250. The SMILES string of the molecule is O=C(NC(C(=O)N1CCC[C@@H]2C[C@@]21C(=O)O)C1CC1)OCC1c2ccccc2-c2ccccc21. The van der Waals surface area contributed by atoms with Gasteiger partial charge in [-0.2, -0.15) is 0 Å². The molecule has 7 nitrogen and oxygen atoms in total. The number of carboxylic acid groups (broad SMARTS) is 1. The Morgan fingerprint density at radius 3 is 2.29 bits per heavy atom. The van der Waals surface area contributed by atoms with Gasteiger partial charge in [-0.05, 0) is 66.2 Å². The summed E-state index contributed by atoms with van der Waals surface area (Å²) in [5, 5.41) is 12.6. The molecular weight excluding hydrogens is 432 g/mol. The molecule has 1 aliphatic heterocycles. The third-order valence-corrected chi connectivity index (χ3v) is 8.10. The van der Waals surface area contributed by atoms with Gasteiger partial charge in [0.2, 0.25) is 5.91 Å². The highest BCUT2D eigenvalue weighted by atomic mass is 16.5. The molecule has 2 amide bonds. The van der Waals surface area contributed by atoms with Gasteiger partial charge in [0, 0.05) is 12.5 Å². The van der Waals surface area contributed by atoms with Gasteiger partial charge in [-0.3, -0.25) is 4.79 Å². The summed E-state index contributed by atoms with van der Waals surface area (Å²) in [4.78, 5) is 39.8. The van der Waals surface area contributed by atoms with Crippen LogP contribution in [0, 0.1) is 11.8 Å². The molecule has 2 aromatic rings. The minimum Gasteiger partial charge on any atom is -0.479 e. The molecule has 34 heavy (non-hydrogen) atoms. The third kappa shape index (κ3) is 3.29. The number of hydrogen-bond donors (Lipinski definition) is 2. The highest BCUT2D eigenvalue weighted by Crippen LogP contribution is 2.55. The van der Waals surface area contributed by atoms with Crippen LogP contribution in [0.1, 0.15) is 49.1 Å². The summed E-state index contributed by atoms with van der Waals surface area (Å²) < 4.78 is 5.66. The lowest BCUT2D eigenvalue weighted by atomic mass is 9.98. The highest BCUT2D eigenvalue weighted by Gasteiger charge is 2.67. The van der Waals surface area contributed by atoms with E-state index in [1.807, 2.05) is 24.3 Å². The zero-order valence-electron chi connectivity index (χ0n) is 18.9. The number of nitrogens with zero attached hydrogens (tertiary/aromatic N) is 1. The van der Waals surface area contributed by atoms with Gasteiger partial charge in [0.25, 0.3) is 0 Å². The van der Waals surface area contributed by atoms with E-state index in [1.165, 1.54) is 4.90 Å². The van der Waals surface area contributed by atoms with Crippen LogP contribution in [0.5, 0.6) is 0 Å². The van der Waals surface area contributed by atoms with Gasteiger partial charge in [-0.1, -0.05) is 48.5 Å². The van der Waals surface area contributed by atoms with Crippen LogP contribution in [-0.2, 0) is 14.3 Å². The lowest BCUT2D eigenvalue weighted by Gasteiger charge is -2.36. The summed E-state index contributed by atoms with van der Waals surface area (Å²) in [6.45, 7) is 0.605. The molecule has 3 atom stereocenters. The summed E-state index contributed by atoms with van der Waals surface area (Å²) >= 11 is 0. The van der Waals surface area contributed by atoms with E-state index in [-0.39, 0.29) is 30.3 Å². The Morgan fingerprint density at radius 1 is 1.03 bits per heavy atom. The first kappa shape index (κ1) is 21.2. The van der Waals surface area contributed by atoms with Gasteiger partial charge in [-0.25, -0.2) is 9.59 Å². The van der Waals surface area contributed by atoms with Crippen molar-refractivity contribution < 1.29 is 24.2 Å². The van der Waals surface area contributed by atoms with Crippen molar-refractivity contribution in [1.82, 2.24) is 10.2 Å². The Bertz CT molecular complexity index is 1130. The molecule has 3 fully saturated rings. The molecule has 2 saturated carbocycles. The topological polar surface area (TPSA) is 95.9 Å². The standard InChI is InChI=1S/C27H28N2O5/c30-24(29-13-5-6-17-14-27(17,29)25(31)32)23(16-11-12-16)28-26(33)34-15-22-20-9-3-1-7-18(20)19-8-2-4-10-21(19)22/h1-4,7-10,16-17,22-23H,5-6,11-15H2,(H,28,33)(H,31,32)/t17-,23?,27+/m1/s1. The van der Waals surface area contributed by atoms with Crippen molar-refractivity contribution in [2.45, 2.75) is 49.6 Å². The second-order valence-electron chi connectivity index (χ2n) is 10.0. The highest BCUT2D eigenvalue weighted by molar-refractivity contribution is 5.94. The summed E-state index contributed by atoms with van der Waals surface area (Å²) in [6.07, 6.45) is 3.21. The molecule has 1 saturated heterocycles. The van der Waals surface area contributed by atoms with Crippen molar-refractivity contribution in [3.05, 3.63) is 59.7 Å². The fraction of sp³-hybridized carbons (Fsp3) is 0.444. The maximum atomic E-state index is 13.4. The zero-order chi connectivity index (χ0) is 23.4. The van der Waals surface area contributed by atoms with Gasteiger partial charge < -0.3 is 20.1 Å². The number of ether oxygens (including phenoxy) is 1. The van der Waals surface area contributed by atoms with Crippen LogP contribution in [0.15, 0.2) is 48.5 Å². The minimum atomic E-state index is -1.08. The molecule has 4 aliphatic rings. The Morgan fingerprint density at radius 2 is 1.68 bits per heavy atom. The third-order valence-electron chi connectivity index (χ3n) is 8.10. The number of likely N-dealkylation sites (tertiary alicyclic amines) is 1. The lowest BCUT2D eigenvalue weighted by Crippen LogP contribution is -2.58. The van der Waals surface area contributed by atoms with Gasteiger partial charge in [0.15, 0.2) is 0 Å². The number of piperidine rings is 1.